The van der Waals surface area contributed by atoms with Crippen LogP contribution in [0.5, 0.6) is 0 Å². The summed E-state index contributed by atoms with van der Waals surface area (Å²) < 4.78 is 46.9. The van der Waals surface area contributed by atoms with Crippen LogP contribution in [0.4, 0.5) is 29.6 Å². The van der Waals surface area contributed by atoms with Gasteiger partial charge in [-0.1, -0.05) is 20.8 Å². The molecule has 0 spiro atoms. The minimum Gasteiger partial charge on any atom is -0.440 e. The summed E-state index contributed by atoms with van der Waals surface area (Å²) >= 11 is 0. The summed E-state index contributed by atoms with van der Waals surface area (Å²) in [6, 6.07) is 2.16. The second-order valence-electron chi connectivity index (χ2n) is 9.16. The van der Waals surface area contributed by atoms with Gasteiger partial charge < -0.3 is 15.0 Å². The topological polar surface area (TPSA) is 92.3 Å². The lowest BCUT2D eigenvalue weighted by molar-refractivity contribution is -0.137. The maximum Gasteiger partial charge on any atom is 0.416 e. The second kappa shape index (κ2) is 7.88. The molecule has 0 saturated carbocycles. The number of nitrogens with one attached hydrogen (secondary N) is 2. The fourth-order valence-corrected chi connectivity index (χ4v) is 3.95. The molecule has 172 valence electrons. The Morgan fingerprint density at radius 3 is 2.59 bits per heavy atom. The number of pyridine rings is 1. The van der Waals surface area contributed by atoms with E-state index in [-0.39, 0.29) is 29.1 Å². The van der Waals surface area contributed by atoms with Gasteiger partial charge in [0.2, 0.25) is 0 Å². The Labute approximate surface area is 183 Å². The van der Waals surface area contributed by atoms with Gasteiger partial charge in [-0.3, -0.25) is 5.32 Å². The van der Waals surface area contributed by atoms with Crippen LogP contribution in [0, 0.1) is 5.41 Å². The quantitative estimate of drug-likeness (QED) is 0.714. The molecular formula is C21H25F3N6O2. The number of alkyl halides is 3. The van der Waals surface area contributed by atoms with Crippen LogP contribution < -0.4 is 15.5 Å². The van der Waals surface area contributed by atoms with Crippen LogP contribution in [-0.2, 0) is 10.9 Å². The highest BCUT2D eigenvalue weighted by atomic mass is 19.4. The maximum absolute atomic E-state index is 13.8. The minimum absolute atomic E-state index is 0.0497. The number of nitrogens with zero attached hydrogens (tertiary/aromatic N) is 4. The van der Waals surface area contributed by atoms with E-state index in [1.165, 1.54) is 6.33 Å². The molecule has 0 aromatic carbocycles. The fraction of sp³-hybridized carbons (Fsp3) is 0.524. The summed E-state index contributed by atoms with van der Waals surface area (Å²) in [5, 5.41) is 5.79. The highest BCUT2D eigenvalue weighted by molar-refractivity contribution is 5.88. The molecule has 2 aromatic rings. The number of hydrogen-bond acceptors (Lipinski definition) is 7. The molecule has 1 fully saturated rings. The summed E-state index contributed by atoms with van der Waals surface area (Å²) in [7, 11) is 0. The first-order valence-corrected chi connectivity index (χ1v) is 10.3. The van der Waals surface area contributed by atoms with Crippen molar-refractivity contribution >= 4 is 17.7 Å². The van der Waals surface area contributed by atoms with Crippen LogP contribution in [0.15, 0.2) is 18.5 Å². The van der Waals surface area contributed by atoms with Crippen molar-refractivity contribution in [2.75, 3.05) is 29.9 Å². The number of amides is 1. The van der Waals surface area contributed by atoms with E-state index in [2.05, 4.69) is 25.6 Å². The normalized spacial score (nSPS) is 21.6. The molecule has 1 amide bonds. The molecular weight excluding hydrogens is 425 g/mol. The first-order valence-electron chi connectivity index (χ1n) is 10.3. The van der Waals surface area contributed by atoms with Crippen LogP contribution in [0.1, 0.15) is 44.9 Å². The minimum atomic E-state index is -4.56. The summed E-state index contributed by atoms with van der Waals surface area (Å²) in [5.74, 6) is 0.436. The van der Waals surface area contributed by atoms with Gasteiger partial charge in [-0.05, 0) is 19.1 Å². The van der Waals surface area contributed by atoms with Gasteiger partial charge in [0.15, 0.2) is 0 Å². The molecule has 2 aromatic heterocycles. The SMILES string of the molecule is C[C@H]1CN(c2cc(C(F)(F)F)cc(-c3ncnc4c3C(C(C)(C)C)OC(=O)N4)n2)CCN1. The smallest absolute Gasteiger partial charge is 0.416 e. The molecule has 0 radical (unpaired) electrons. The lowest BCUT2D eigenvalue weighted by Gasteiger charge is -2.35. The Morgan fingerprint density at radius 1 is 1.19 bits per heavy atom. The average molecular weight is 450 g/mol. The molecule has 0 bridgehead atoms. The molecule has 4 rings (SSSR count). The lowest BCUT2D eigenvalue weighted by Crippen LogP contribution is -2.49. The number of piperazine rings is 1. The lowest BCUT2D eigenvalue weighted by atomic mass is 9.83. The molecule has 2 aliphatic heterocycles. The van der Waals surface area contributed by atoms with Gasteiger partial charge in [-0.15, -0.1) is 0 Å². The molecule has 1 unspecified atom stereocenters. The maximum atomic E-state index is 13.8. The Kier molecular flexibility index (Phi) is 5.48. The summed E-state index contributed by atoms with van der Waals surface area (Å²) in [4.78, 5) is 26.8. The molecule has 8 nitrogen and oxygen atoms in total. The van der Waals surface area contributed by atoms with Gasteiger partial charge in [-0.25, -0.2) is 19.7 Å². The van der Waals surface area contributed by atoms with Gasteiger partial charge in [0.05, 0.1) is 16.8 Å². The third-order valence-corrected chi connectivity index (χ3v) is 5.45. The van der Waals surface area contributed by atoms with E-state index in [9.17, 15) is 18.0 Å². The number of cyclic esters (lactones) is 1. The number of ether oxygens (including phenoxy) is 1. The molecule has 2 N–H and O–H groups in total. The third kappa shape index (κ3) is 4.34. The van der Waals surface area contributed by atoms with Crippen LogP contribution in [0.3, 0.4) is 0 Å². The number of aromatic nitrogens is 3. The number of hydrogen-bond donors (Lipinski definition) is 2. The van der Waals surface area contributed by atoms with Crippen LogP contribution >= 0.6 is 0 Å². The van der Waals surface area contributed by atoms with E-state index >= 15 is 0 Å². The predicted molar refractivity (Wildman–Crippen MR) is 112 cm³/mol. The zero-order valence-corrected chi connectivity index (χ0v) is 18.2. The first kappa shape index (κ1) is 22.3. The fourth-order valence-electron chi connectivity index (χ4n) is 3.95. The van der Waals surface area contributed by atoms with E-state index in [1.807, 2.05) is 32.6 Å². The summed E-state index contributed by atoms with van der Waals surface area (Å²) in [5.41, 5.74) is -0.709. The largest absolute Gasteiger partial charge is 0.440 e. The van der Waals surface area contributed by atoms with E-state index in [4.69, 9.17) is 4.74 Å². The Morgan fingerprint density at radius 2 is 1.94 bits per heavy atom. The molecule has 4 heterocycles. The highest BCUT2D eigenvalue weighted by Crippen LogP contribution is 2.45. The van der Waals surface area contributed by atoms with Gasteiger partial charge >= 0.3 is 12.3 Å². The summed E-state index contributed by atoms with van der Waals surface area (Å²) in [6.45, 7) is 9.26. The van der Waals surface area contributed by atoms with Crippen molar-refractivity contribution in [3.63, 3.8) is 0 Å². The molecule has 11 heteroatoms. The van der Waals surface area contributed by atoms with Crippen LogP contribution in [0.25, 0.3) is 11.4 Å². The molecule has 2 atom stereocenters. The van der Waals surface area contributed by atoms with E-state index in [0.717, 1.165) is 12.1 Å². The predicted octanol–water partition coefficient (Wildman–Crippen LogP) is 4.00. The number of halogens is 3. The first-order chi connectivity index (χ1) is 14.9. The number of carbonyl (C=O) groups is 1. The van der Waals surface area contributed by atoms with Crippen molar-refractivity contribution in [1.29, 1.82) is 0 Å². The standard InChI is InChI=1S/C21H25F3N6O2/c1-11-9-30(6-5-25-11)14-8-12(21(22,23)24)7-13(28-14)16-15-17(20(2,3)4)32-19(31)29-18(15)27-10-26-16/h7-8,10-11,17,25H,5-6,9H2,1-4H3,(H,26,27,29,31)/t11-,17?/m0/s1. The van der Waals surface area contributed by atoms with Crippen molar-refractivity contribution in [2.24, 2.45) is 5.41 Å². The number of carbonyl (C=O) groups excluding carboxylic acids is 1. The molecule has 1 saturated heterocycles. The van der Waals surface area contributed by atoms with Crippen molar-refractivity contribution in [1.82, 2.24) is 20.3 Å². The summed E-state index contributed by atoms with van der Waals surface area (Å²) in [6.07, 6.45) is -4.79. The highest BCUT2D eigenvalue weighted by Gasteiger charge is 2.40. The second-order valence-corrected chi connectivity index (χ2v) is 9.16. The van der Waals surface area contributed by atoms with Crippen molar-refractivity contribution in [2.45, 2.75) is 46.0 Å². The molecule has 0 aliphatic carbocycles. The van der Waals surface area contributed by atoms with Crippen LogP contribution in [-0.4, -0.2) is 46.7 Å². The van der Waals surface area contributed by atoms with Crippen LogP contribution in [0.2, 0.25) is 0 Å². The van der Waals surface area contributed by atoms with Crippen molar-refractivity contribution in [3.05, 3.63) is 29.6 Å². The van der Waals surface area contributed by atoms with Gasteiger partial charge in [-0.2, -0.15) is 13.2 Å². The van der Waals surface area contributed by atoms with Gasteiger partial charge in [0.1, 0.15) is 29.8 Å². The zero-order valence-electron chi connectivity index (χ0n) is 18.2. The Balaban J connectivity index is 1.90. The monoisotopic (exact) mass is 450 g/mol. The molecule has 32 heavy (non-hydrogen) atoms. The number of anilines is 2. The average Bonchev–Trinajstić information content (AvgIpc) is 2.71. The van der Waals surface area contributed by atoms with E-state index < -0.39 is 29.4 Å². The zero-order chi connectivity index (χ0) is 23.3. The Bertz CT molecular complexity index is 1040. The third-order valence-electron chi connectivity index (χ3n) is 5.45. The van der Waals surface area contributed by atoms with Crippen molar-refractivity contribution in [3.8, 4) is 11.4 Å². The van der Waals surface area contributed by atoms with E-state index in [1.54, 1.807) is 0 Å². The van der Waals surface area contributed by atoms with E-state index in [0.29, 0.717) is 25.2 Å². The molecule has 2 aliphatic rings. The van der Waals surface area contributed by atoms with Crippen molar-refractivity contribution < 1.29 is 22.7 Å². The Hall–Kier alpha value is -2.95. The number of fused-ring (bicyclic) bond motifs is 1. The number of rotatable bonds is 2. The van der Waals surface area contributed by atoms with Gasteiger partial charge in [0, 0.05) is 31.1 Å². The van der Waals surface area contributed by atoms with Gasteiger partial charge in [0.25, 0.3) is 0 Å².